The van der Waals surface area contributed by atoms with E-state index in [-0.39, 0.29) is 11.9 Å². The Morgan fingerprint density at radius 1 is 1.45 bits per heavy atom. The van der Waals surface area contributed by atoms with Gasteiger partial charge in [-0.05, 0) is 19.4 Å². The minimum Gasteiger partial charge on any atom is -0.493 e. The van der Waals surface area contributed by atoms with Gasteiger partial charge >= 0.3 is 0 Å². The number of methoxy groups -OCH3 is 1. The van der Waals surface area contributed by atoms with Crippen molar-refractivity contribution in [3.8, 4) is 5.75 Å². The molecule has 3 nitrogen and oxygen atoms in total. The van der Waals surface area contributed by atoms with E-state index in [0.29, 0.717) is 5.75 Å². The summed E-state index contributed by atoms with van der Waals surface area (Å²) in [5.74, 6) is 0.0594. The van der Waals surface area contributed by atoms with Gasteiger partial charge in [-0.2, -0.15) is 0 Å². The smallest absolute Gasteiger partial charge is 0.165 e. The fourth-order valence-electron chi connectivity index (χ4n) is 2.76. The molecule has 0 bridgehead atoms. The van der Waals surface area contributed by atoms with Crippen molar-refractivity contribution in [3.63, 3.8) is 0 Å². The van der Waals surface area contributed by atoms with Gasteiger partial charge in [0.05, 0.1) is 7.11 Å². The SMILES string of the molecule is C=C(C)C[C@@H](c1cccc(F)c1OC)N1CCNCC1. The molecule has 0 spiro atoms. The summed E-state index contributed by atoms with van der Waals surface area (Å²) in [4.78, 5) is 2.38. The van der Waals surface area contributed by atoms with Crippen LogP contribution in [0, 0.1) is 5.82 Å². The van der Waals surface area contributed by atoms with Crippen molar-refractivity contribution >= 4 is 0 Å². The summed E-state index contributed by atoms with van der Waals surface area (Å²) in [5, 5.41) is 3.34. The highest BCUT2D eigenvalue weighted by Gasteiger charge is 2.26. The molecule has 110 valence electrons. The Morgan fingerprint density at radius 2 is 2.15 bits per heavy atom. The predicted molar refractivity (Wildman–Crippen MR) is 79.6 cm³/mol. The maximum atomic E-state index is 13.9. The van der Waals surface area contributed by atoms with Crippen molar-refractivity contribution in [1.29, 1.82) is 0 Å². The molecule has 1 atom stereocenters. The fourth-order valence-corrected chi connectivity index (χ4v) is 2.76. The molecule has 1 aliphatic rings. The normalized spacial score (nSPS) is 17.8. The molecule has 1 aromatic carbocycles. The molecule has 1 N–H and O–H groups in total. The Bertz CT molecular complexity index is 470. The summed E-state index contributed by atoms with van der Waals surface area (Å²) in [5.41, 5.74) is 2.01. The van der Waals surface area contributed by atoms with Crippen LogP contribution in [0.25, 0.3) is 0 Å². The minimum atomic E-state index is -0.299. The van der Waals surface area contributed by atoms with Gasteiger partial charge in [-0.3, -0.25) is 4.90 Å². The molecule has 1 heterocycles. The largest absolute Gasteiger partial charge is 0.493 e. The fraction of sp³-hybridized carbons (Fsp3) is 0.500. The second kappa shape index (κ2) is 6.86. The first-order valence-corrected chi connectivity index (χ1v) is 7.05. The number of hydrogen-bond acceptors (Lipinski definition) is 3. The topological polar surface area (TPSA) is 24.5 Å². The number of hydrogen-bond donors (Lipinski definition) is 1. The van der Waals surface area contributed by atoms with E-state index in [1.165, 1.54) is 13.2 Å². The number of nitrogens with one attached hydrogen (secondary N) is 1. The maximum absolute atomic E-state index is 13.9. The second-order valence-electron chi connectivity index (χ2n) is 5.33. The van der Waals surface area contributed by atoms with E-state index in [0.717, 1.165) is 43.7 Å². The molecule has 0 aliphatic carbocycles. The van der Waals surface area contributed by atoms with E-state index in [2.05, 4.69) is 16.8 Å². The van der Waals surface area contributed by atoms with Gasteiger partial charge in [0, 0.05) is 37.8 Å². The van der Waals surface area contributed by atoms with E-state index < -0.39 is 0 Å². The molecular weight excluding hydrogens is 255 g/mol. The van der Waals surface area contributed by atoms with E-state index in [9.17, 15) is 4.39 Å². The molecule has 0 unspecified atom stereocenters. The highest BCUT2D eigenvalue weighted by molar-refractivity contribution is 5.38. The number of halogens is 1. The van der Waals surface area contributed by atoms with E-state index in [1.54, 1.807) is 6.07 Å². The van der Waals surface area contributed by atoms with Gasteiger partial charge in [0.25, 0.3) is 0 Å². The van der Waals surface area contributed by atoms with Gasteiger partial charge in [0.15, 0.2) is 11.6 Å². The van der Waals surface area contributed by atoms with Gasteiger partial charge in [-0.1, -0.05) is 17.7 Å². The minimum absolute atomic E-state index is 0.125. The van der Waals surface area contributed by atoms with Crippen LogP contribution < -0.4 is 10.1 Å². The van der Waals surface area contributed by atoms with Crippen molar-refractivity contribution < 1.29 is 9.13 Å². The van der Waals surface area contributed by atoms with Gasteiger partial charge in [0.1, 0.15) is 0 Å². The van der Waals surface area contributed by atoms with Crippen LogP contribution in [0.2, 0.25) is 0 Å². The van der Waals surface area contributed by atoms with Crippen LogP contribution in [0.4, 0.5) is 4.39 Å². The first-order chi connectivity index (χ1) is 9.63. The number of benzene rings is 1. The summed E-state index contributed by atoms with van der Waals surface area (Å²) in [7, 11) is 1.53. The van der Waals surface area contributed by atoms with Crippen LogP contribution in [-0.4, -0.2) is 38.2 Å². The van der Waals surface area contributed by atoms with Gasteiger partial charge in [-0.15, -0.1) is 6.58 Å². The maximum Gasteiger partial charge on any atom is 0.165 e. The van der Waals surface area contributed by atoms with Crippen LogP contribution in [0.3, 0.4) is 0 Å². The van der Waals surface area contributed by atoms with E-state index in [1.807, 2.05) is 13.0 Å². The van der Waals surface area contributed by atoms with Crippen LogP contribution in [-0.2, 0) is 0 Å². The van der Waals surface area contributed by atoms with Gasteiger partial charge < -0.3 is 10.1 Å². The van der Waals surface area contributed by atoms with E-state index in [4.69, 9.17) is 4.74 Å². The van der Waals surface area contributed by atoms with Crippen molar-refractivity contribution in [1.82, 2.24) is 10.2 Å². The standard InChI is InChI=1S/C16H23FN2O/c1-12(2)11-15(19-9-7-18-8-10-19)13-5-4-6-14(17)16(13)20-3/h4-6,15,18H,1,7-11H2,2-3H3/t15-/m0/s1. The molecular formula is C16H23FN2O. The molecule has 1 saturated heterocycles. The monoisotopic (exact) mass is 278 g/mol. The molecule has 0 radical (unpaired) electrons. The molecule has 4 heteroatoms. The Labute approximate surface area is 120 Å². The number of nitrogens with zero attached hydrogens (tertiary/aromatic N) is 1. The summed E-state index contributed by atoms with van der Waals surface area (Å²) < 4.78 is 19.2. The molecule has 0 amide bonds. The number of piperazine rings is 1. The molecule has 0 aromatic heterocycles. The molecule has 1 fully saturated rings. The molecule has 20 heavy (non-hydrogen) atoms. The van der Waals surface area contributed by atoms with Crippen molar-refractivity contribution in [3.05, 3.63) is 41.7 Å². The summed E-state index contributed by atoms with van der Waals surface area (Å²) in [6, 6.07) is 5.27. The second-order valence-corrected chi connectivity index (χ2v) is 5.33. The van der Waals surface area contributed by atoms with Crippen LogP contribution in [0.5, 0.6) is 5.75 Å². The molecule has 0 saturated carbocycles. The molecule has 1 aliphatic heterocycles. The lowest BCUT2D eigenvalue weighted by Crippen LogP contribution is -2.45. The lowest BCUT2D eigenvalue weighted by Gasteiger charge is -2.36. The van der Waals surface area contributed by atoms with Crippen LogP contribution >= 0.6 is 0 Å². The van der Waals surface area contributed by atoms with Crippen molar-refractivity contribution in [2.45, 2.75) is 19.4 Å². The first kappa shape index (κ1) is 15.0. The van der Waals surface area contributed by atoms with Gasteiger partial charge in [-0.25, -0.2) is 4.39 Å². The van der Waals surface area contributed by atoms with Gasteiger partial charge in [0.2, 0.25) is 0 Å². The van der Waals surface area contributed by atoms with Crippen molar-refractivity contribution in [2.24, 2.45) is 0 Å². The lowest BCUT2D eigenvalue weighted by atomic mass is 9.97. The quantitative estimate of drug-likeness (QED) is 0.838. The number of ether oxygens (including phenoxy) is 1. The third-order valence-electron chi connectivity index (χ3n) is 3.69. The average Bonchev–Trinajstić information content (AvgIpc) is 2.45. The van der Waals surface area contributed by atoms with Crippen LogP contribution in [0.1, 0.15) is 24.9 Å². The Morgan fingerprint density at radius 3 is 2.75 bits per heavy atom. The zero-order chi connectivity index (χ0) is 14.5. The van der Waals surface area contributed by atoms with E-state index >= 15 is 0 Å². The number of para-hydroxylation sites is 1. The lowest BCUT2D eigenvalue weighted by molar-refractivity contribution is 0.169. The van der Waals surface area contributed by atoms with Crippen LogP contribution in [0.15, 0.2) is 30.4 Å². The third kappa shape index (κ3) is 3.38. The Hall–Kier alpha value is -1.39. The summed E-state index contributed by atoms with van der Waals surface area (Å²) in [6.45, 7) is 9.87. The zero-order valence-electron chi connectivity index (χ0n) is 12.3. The summed E-state index contributed by atoms with van der Waals surface area (Å²) >= 11 is 0. The average molecular weight is 278 g/mol. The van der Waals surface area contributed by atoms with Crippen molar-refractivity contribution in [2.75, 3.05) is 33.3 Å². The highest BCUT2D eigenvalue weighted by Crippen LogP contribution is 2.35. The highest BCUT2D eigenvalue weighted by atomic mass is 19.1. The Kier molecular flexibility index (Phi) is 5.15. The number of rotatable bonds is 5. The summed E-state index contributed by atoms with van der Waals surface area (Å²) in [6.07, 6.45) is 0.819. The zero-order valence-corrected chi connectivity index (χ0v) is 12.3. The first-order valence-electron chi connectivity index (χ1n) is 7.05. The molecule has 2 rings (SSSR count). The third-order valence-corrected chi connectivity index (χ3v) is 3.69. The predicted octanol–water partition coefficient (Wildman–Crippen LogP) is 2.75. The Balaban J connectivity index is 2.34. The molecule has 1 aromatic rings.